The van der Waals surface area contributed by atoms with Gasteiger partial charge in [0.2, 0.25) is 11.8 Å². The number of rotatable bonds is 8. The van der Waals surface area contributed by atoms with Crippen molar-refractivity contribution in [3.8, 4) is 0 Å². The third-order valence-electron chi connectivity index (χ3n) is 7.80. The third-order valence-corrected chi connectivity index (χ3v) is 7.80. The monoisotopic (exact) mass is 516 g/mol. The molecule has 2 heterocycles. The van der Waals surface area contributed by atoms with E-state index in [1.807, 2.05) is 6.92 Å². The number of halogens is 3. The van der Waals surface area contributed by atoms with Gasteiger partial charge in [-0.1, -0.05) is 6.42 Å². The average molecular weight is 517 g/mol. The third kappa shape index (κ3) is 5.98. The molecule has 0 spiro atoms. The lowest BCUT2D eigenvalue weighted by molar-refractivity contribution is -0.321. The van der Waals surface area contributed by atoms with Crippen molar-refractivity contribution in [3.05, 3.63) is 0 Å². The van der Waals surface area contributed by atoms with E-state index in [0.29, 0.717) is 19.4 Å². The van der Waals surface area contributed by atoms with Crippen LogP contribution in [0.4, 0.5) is 13.2 Å². The maximum Gasteiger partial charge on any atom is 0.522 e. The summed E-state index contributed by atoms with van der Waals surface area (Å²) in [6.07, 6.45) is -1.09. The number of carbonyl (C=O) groups is 5. The number of carbonyl (C=O) groups excluding carboxylic acids is 5. The molecule has 2 aliphatic carbocycles. The Balaban J connectivity index is 1.49. The number of fused-ring (bicyclic) bond motifs is 1. The Morgan fingerprint density at radius 1 is 1.19 bits per heavy atom. The fourth-order valence-electron chi connectivity index (χ4n) is 5.56. The first-order chi connectivity index (χ1) is 16.9. The zero-order valence-corrected chi connectivity index (χ0v) is 20.0. The fraction of sp³-hybridized carbons (Fsp3) is 0.783. The van der Waals surface area contributed by atoms with Gasteiger partial charge in [0.25, 0.3) is 0 Å². The van der Waals surface area contributed by atoms with Gasteiger partial charge in [-0.15, -0.1) is 13.2 Å². The number of amides is 4. The summed E-state index contributed by atoms with van der Waals surface area (Å²) in [5, 5.41) is 7.79. The molecule has 2 aliphatic heterocycles. The van der Waals surface area contributed by atoms with Crippen LogP contribution >= 0.6 is 0 Å². The van der Waals surface area contributed by atoms with Crippen molar-refractivity contribution in [1.82, 2.24) is 20.9 Å². The lowest BCUT2D eigenvalue weighted by atomic mass is 9.92. The van der Waals surface area contributed by atoms with Crippen LogP contribution in [0.2, 0.25) is 0 Å². The van der Waals surface area contributed by atoms with E-state index in [2.05, 4.69) is 20.7 Å². The average Bonchev–Trinajstić information content (AvgIpc) is 3.12. The number of nitrogens with one attached hydrogen (secondary N) is 3. The summed E-state index contributed by atoms with van der Waals surface area (Å²) in [5.74, 6) is -4.61. The van der Waals surface area contributed by atoms with Gasteiger partial charge in [0, 0.05) is 24.5 Å². The second kappa shape index (κ2) is 9.98. The Morgan fingerprint density at radius 3 is 2.53 bits per heavy atom. The van der Waals surface area contributed by atoms with Crippen LogP contribution in [0.15, 0.2) is 0 Å². The number of alkyl halides is 3. The van der Waals surface area contributed by atoms with E-state index in [1.54, 1.807) is 0 Å². The maximum atomic E-state index is 13.4. The molecule has 2 saturated carbocycles. The van der Waals surface area contributed by atoms with Crippen molar-refractivity contribution in [1.29, 1.82) is 0 Å². The van der Waals surface area contributed by atoms with Gasteiger partial charge < -0.3 is 20.9 Å². The van der Waals surface area contributed by atoms with Crippen molar-refractivity contribution >= 4 is 29.4 Å². The number of likely N-dealkylation sites (tertiary alicyclic amines) is 1. The van der Waals surface area contributed by atoms with Gasteiger partial charge in [-0.3, -0.25) is 28.7 Å². The van der Waals surface area contributed by atoms with Crippen LogP contribution in [0.1, 0.15) is 51.9 Å². The summed E-state index contributed by atoms with van der Waals surface area (Å²) in [6.45, 7) is 1.08. The van der Waals surface area contributed by atoms with Crippen LogP contribution in [0.5, 0.6) is 0 Å². The van der Waals surface area contributed by atoms with Gasteiger partial charge in [0.05, 0.1) is 6.04 Å². The Morgan fingerprint density at radius 2 is 1.92 bits per heavy atom. The molecule has 0 aromatic carbocycles. The highest BCUT2D eigenvalue weighted by Gasteiger charge is 2.52. The first-order valence-electron chi connectivity index (χ1n) is 12.3. The van der Waals surface area contributed by atoms with Gasteiger partial charge in [-0.25, -0.2) is 0 Å². The van der Waals surface area contributed by atoms with Gasteiger partial charge in [0.15, 0.2) is 5.78 Å². The second-order valence-electron chi connectivity index (χ2n) is 10.5. The largest absolute Gasteiger partial charge is 0.522 e. The minimum atomic E-state index is -5.04. The molecule has 0 aromatic heterocycles. The molecular weight excluding hydrogens is 485 g/mol. The molecule has 200 valence electrons. The molecule has 4 amide bonds. The predicted molar refractivity (Wildman–Crippen MR) is 117 cm³/mol. The van der Waals surface area contributed by atoms with Crippen LogP contribution in [-0.4, -0.2) is 78.0 Å². The lowest BCUT2D eigenvalue weighted by Gasteiger charge is -2.29. The van der Waals surface area contributed by atoms with Crippen molar-refractivity contribution < 1.29 is 41.9 Å². The number of ketones is 1. The minimum Gasteiger partial charge on any atom is -0.356 e. The topological polar surface area (TPSA) is 134 Å². The van der Waals surface area contributed by atoms with Gasteiger partial charge in [-0.2, -0.15) is 0 Å². The summed E-state index contributed by atoms with van der Waals surface area (Å²) >= 11 is 0. The first-order valence-corrected chi connectivity index (χ1v) is 12.3. The normalized spacial score (nSPS) is 29.3. The number of Topliss-reactive ketones (excluding diaryl/α,β-unsaturated/α-hetero) is 1. The van der Waals surface area contributed by atoms with Gasteiger partial charge >= 0.3 is 18.2 Å². The molecule has 4 fully saturated rings. The van der Waals surface area contributed by atoms with Crippen molar-refractivity contribution in [2.45, 2.75) is 75.9 Å². The predicted octanol–water partition coefficient (Wildman–Crippen LogP) is 0.399. The van der Waals surface area contributed by atoms with Gasteiger partial charge in [0.1, 0.15) is 12.6 Å². The van der Waals surface area contributed by atoms with E-state index in [9.17, 15) is 37.1 Å². The fourth-order valence-corrected chi connectivity index (χ4v) is 5.56. The standard InChI is InChI=1S/C23H31F3N4O6/c1-22(6-7-22)29-20(34)21(35)30-10-13-3-2-4-14(13)17(30)19(33)28-15(9-12-5-8-27-18(12)32)16(31)11-36-23(24,25)26/h12-15,17H,2-11H2,1H3,(H,27,32)(H,28,33)(H,29,34)/t12?,13?,14?,15?,17-/m0/s1. The quantitative estimate of drug-likeness (QED) is 0.400. The summed E-state index contributed by atoms with van der Waals surface area (Å²) in [4.78, 5) is 64.9. The Kier molecular flexibility index (Phi) is 7.31. The second-order valence-corrected chi connectivity index (χ2v) is 10.5. The molecular formula is C23H31F3N4O6. The van der Waals surface area contributed by atoms with Crippen LogP contribution in [0, 0.1) is 17.8 Å². The van der Waals surface area contributed by atoms with E-state index in [-0.39, 0.29) is 30.7 Å². The van der Waals surface area contributed by atoms with Crippen molar-refractivity contribution in [2.24, 2.45) is 17.8 Å². The number of nitrogens with zero attached hydrogens (tertiary/aromatic N) is 1. The van der Waals surface area contributed by atoms with E-state index < -0.39 is 60.0 Å². The maximum absolute atomic E-state index is 13.4. The summed E-state index contributed by atoms with van der Waals surface area (Å²) in [5.41, 5.74) is -0.433. The molecule has 0 aromatic rings. The number of hydrogen-bond acceptors (Lipinski definition) is 6. The molecule has 2 saturated heterocycles. The summed E-state index contributed by atoms with van der Waals surface area (Å²) < 4.78 is 41.3. The molecule has 4 aliphatic rings. The van der Waals surface area contributed by atoms with Crippen molar-refractivity contribution in [2.75, 3.05) is 19.7 Å². The van der Waals surface area contributed by atoms with E-state index in [1.165, 1.54) is 4.90 Å². The Bertz CT molecular complexity index is 937. The number of ether oxygens (including phenoxy) is 1. The highest BCUT2D eigenvalue weighted by Crippen LogP contribution is 2.42. The lowest BCUT2D eigenvalue weighted by Crippen LogP contribution is -2.56. The summed E-state index contributed by atoms with van der Waals surface area (Å²) in [6, 6.07) is -2.44. The van der Waals surface area contributed by atoms with Crippen LogP contribution in [0.3, 0.4) is 0 Å². The molecule has 36 heavy (non-hydrogen) atoms. The van der Waals surface area contributed by atoms with Crippen LogP contribution in [-0.2, 0) is 28.7 Å². The highest BCUT2D eigenvalue weighted by atomic mass is 19.4. The zero-order valence-electron chi connectivity index (χ0n) is 20.0. The molecule has 4 unspecified atom stereocenters. The number of hydrogen-bond donors (Lipinski definition) is 3. The van der Waals surface area contributed by atoms with Crippen LogP contribution < -0.4 is 16.0 Å². The molecule has 3 N–H and O–H groups in total. The highest BCUT2D eigenvalue weighted by molar-refractivity contribution is 6.35. The SMILES string of the molecule is CC1(NC(=O)C(=O)N2CC3CCCC3[C@H]2C(=O)NC(CC2CCNC2=O)C(=O)COC(F)(F)F)CC1. The molecule has 13 heteroatoms. The molecule has 4 rings (SSSR count). The van der Waals surface area contributed by atoms with E-state index in [0.717, 1.165) is 25.7 Å². The Labute approximate surface area is 206 Å². The van der Waals surface area contributed by atoms with Gasteiger partial charge in [-0.05, 0) is 57.3 Å². The zero-order chi connectivity index (χ0) is 26.3. The minimum absolute atomic E-state index is 0.0114. The molecule has 5 atom stereocenters. The van der Waals surface area contributed by atoms with Crippen LogP contribution in [0.25, 0.3) is 0 Å². The Hall–Kier alpha value is -2.70. The van der Waals surface area contributed by atoms with Crippen molar-refractivity contribution in [3.63, 3.8) is 0 Å². The first kappa shape index (κ1) is 26.4. The molecule has 0 radical (unpaired) electrons. The van der Waals surface area contributed by atoms with E-state index in [4.69, 9.17) is 0 Å². The molecule has 0 bridgehead atoms. The van der Waals surface area contributed by atoms with E-state index >= 15 is 0 Å². The summed E-state index contributed by atoms with van der Waals surface area (Å²) in [7, 11) is 0. The smallest absolute Gasteiger partial charge is 0.356 e. The molecule has 10 nitrogen and oxygen atoms in total.